The molecule has 0 N–H and O–H groups in total. The molecule has 148 valence electrons. The van der Waals surface area contributed by atoms with Crippen LogP contribution in [0.5, 0.6) is 11.5 Å². The second-order valence-electron chi connectivity index (χ2n) is 6.72. The molecule has 2 amide bonds. The lowest BCUT2D eigenvalue weighted by Gasteiger charge is -2.35. The van der Waals surface area contributed by atoms with E-state index in [0.29, 0.717) is 50.3 Å². The van der Waals surface area contributed by atoms with Crippen molar-refractivity contribution in [1.82, 2.24) is 9.80 Å². The first-order chi connectivity index (χ1) is 13.6. The highest BCUT2D eigenvalue weighted by molar-refractivity contribution is 5.97. The molecule has 1 aliphatic heterocycles. The van der Waals surface area contributed by atoms with Gasteiger partial charge in [-0.3, -0.25) is 9.59 Å². The van der Waals surface area contributed by atoms with Crippen molar-refractivity contribution in [1.29, 1.82) is 0 Å². The molecule has 3 rings (SSSR count). The van der Waals surface area contributed by atoms with Crippen LogP contribution < -0.4 is 9.47 Å². The molecule has 28 heavy (non-hydrogen) atoms. The van der Waals surface area contributed by atoms with Gasteiger partial charge in [0.2, 0.25) is 5.91 Å². The van der Waals surface area contributed by atoms with Crippen LogP contribution in [0.1, 0.15) is 22.3 Å². The molecule has 6 nitrogen and oxygen atoms in total. The summed E-state index contributed by atoms with van der Waals surface area (Å²) in [6.45, 7) is 2.17. The van der Waals surface area contributed by atoms with Crippen LogP contribution in [-0.2, 0) is 11.2 Å². The predicted molar refractivity (Wildman–Crippen MR) is 107 cm³/mol. The van der Waals surface area contributed by atoms with E-state index in [1.54, 1.807) is 31.3 Å². The summed E-state index contributed by atoms with van der Waals surface area (Å²) in [4.78, 5) is 28.9. The summed E-state index contributed by atoms with van der Waals surface area (Å²) in [7, 11) is 3.20. The Bertz CT molecular complexity index is 829. The van der Waals surface area contributed by atoms with E-state index in [1.807, 2.05) is 41.3 Å². The molecule has 1 aliphatic rings. The van der Waals surface area contributed by atoms with Crippen molar-refractivity contribution in [2.24, 2.45) is 0 Å². The number of para-hydroxylation sites is 1. The molecule has 0 saturated carbocycles. The number of hydrogen-bond donors (Lipinski definition) is 0. The summed E-state index contributed by atoms with van der Waals surface area (Å²) < 4.78 is 10.5. The van der Waals surface area contributed by atoms with Gasteiger partial charge in [-0.15, -0.1) is 0 Å². The number of piperazine rings is 1. The zero-order chi connectivity index (χ0) is 19.9. The molecule has 0 unspecified atom stereocenters. The van der Waals surface area contributed by atoms with E-state index < -0.39 is 0 Å². The van der Waals surface area contributed by atoms with Crippen LogP contribution >= 0.6 is 0 Å². The molecule has 0 bridgehead atoms. The number of rotatable bonds is 6. The maximum atomic E-state index is 12.8. The van der Waals surface area contributed by atoms with Gasteiger partial charge in [-0.2, -0.15) is 0 Å². The highest BCUT2D eigenvalue weighted by atomic mass is 16.5. The Balaban J connectivity index is 1.51. The summed E-state index contributed by atoms with van der Waals surface area (Å²) >= 11 is 0. The average molecular weight is 382 g/mol. The molecule has 0 aromatic heterocycles. The Morgan fingerprint density at radius 3 is 2.32 bits per heavy atom. The van der Waals surface area contributed by atoms with Crippen LogP contribution in [0.4, 0.5) is 0 Å². The van der Waals surface area contributed by atoms with Gasteiger partial charge < -0.3 is 19.3 Å². The van der Waals surface area contributed by atoms with E-state index >= 15 is 0 Å². The van der Waals surface area contributed by atoms with Crippen LogP contribution in [0.25, 0.3) is 0 Å². The quantitative estimate of drug-likeness (QED) is 0.771. The lowest BCUT2D eigenvalue weighted by molar-refractivity contribution is -0.132. The molecule has 6 heteroatoms. The van der Waals surface area contributed by atoms with Crippen molar-refractivity contribution in [3.8, 4) is 11.5 Å². The van der Waals surface area contributed by atoms with Crippen LogP contribution in [0.3, 0.4) is 0 Å². The van der Waals surface area contributed by atoms with Gasteiger partial charge >= 0.3 is 0 Å². The number of aryl methyl sites for hydroxylation is 1. The number of benzene rings is 2. The normalized spacial score (nSPS) is 13.9. The smallest absolute Gasteiger partial charge is 0.257 e. The second kappa shape index (κ2) is 9.26. The molecule has 2 aromatic rings. The van der Waals surface area contributed by atoms with Gasteiger partial charge in [0.15, 0.2) is 0 Å². The third-order valence-corrected chi connectivity index (χ3v) is 5.02. The maximum absolute atomic E-state index is 12.8. The Kier molecular flexibility index (Phi) is 6.53. The number of nitrogens with zero attached hydrogens (tertiary/aromatic N) is 2. The predicted octanol–water partition coefficient (Wildman–Crippen LogP) is 2.62. The number of amides is 2. The zero-order valence-electron chi connectivity index (χ0n) is 16.4. The third kappa shape index (κ3) is 4.63. The average Bonchev–Trinajstić information content (AvgIpc) is 2.77. The minimum atomic E-state index is -0.0547. The maximum Gasteiger partial charge on any atom is 0.257 e. The van der Waals surface area contributed by atoms with Crippen LogP contribution in [0.2, 0.25) is 0 Å². The summed E-state index contributed by atoms with van der Waals surface area (Å²) in [6, 6.07) is 15.0. The fourth-order valence-electron chi connectivity index (χ4n) is 3.39. The summed E-state index contributed by atoms with van der Waals surface area (Å²) in [5, 5.41) is 0. The largest absolute Gasteiger partial charge is 0.497 e. The van der Waals surface area contributed by atoms with E-state index in [2.05, 4.69) is 0 Å². The van der Waals surface area contributed by atoms with Gasteiger partial charge in [-0.05, 0) is 36.2 Å². The van der Waals surface area contributed by atoms with Crippen molar-refractivity contribution >= 4 is 11.8 Å². The van der Waals surface area contributed by atoms with Gasteiger partial charge in [-0.1, -0.05) is 24.3 Å². The monoisotopic (exact) mass is 382 g/mol. The molecule has 0 spiro atoms. The first-order valence-electron chi connectivity index (χ1n) is 9.45. The Hall–Kier alpha value is -3.02. The van der Waals surface area contributed by atoms with Gasteiger partial charge in [-0.25, -0.2) is 0 Å². The molecule has 0 radical (unpaired) electrons. The second-order valence-corrected chi connectivity index (χ2v) is 6.72. The molecule has 0 aliphatic carbocycles. The summed E-state index contributed by atoms with van der Waals surface area (Å²) in [5.74, 6) is 1.44. The number of ether oxygens (including phenoxy) is 2. The standard InChI is InChI=1S/C22H26N2O4/c1-27-18-7-5-6-17(16-18)10-11-21(25)23-12-14-24(15-13-23)22(26)19-8-3-4-9-20(19)28-2/h3-9,16H,10-15H2,1-2H3. The van der Waals surface area contributed by atoms with E-state index in [9.17, 15) is 9.59 Å². The van der Waals surface area contributed by atoms with E-state index in [-0.39, 0.29) is 11.8 Å². The highest BCUT2D eigenvalue weighted by Gasteiger charge is 2.26. The Labute approximate surface area is 165 Å². The molecule has 1 fully saturated rings. The number of carbonyl (C=O) groups is 2. The van der Waals surface area contributed by atoms with Crippen LogP contribution in [0, 0.1) is 0 Å². The van der Waals surface area contributed by atoms with Crippen LogP contribution in [0.15, 0.2) is 48.5 Å². The fourth-order valence-corrected chi connectivity index (χ4v) is 3.39. The molecular weight excluding hydrogens is 356 g/mol. The number of hydrogen-bond acceptors (Lipinski definition) is 4. The number of carbonyl (C=O) groups excluding carboxylic acids is 2. The third-order valence-electron chi connectivity index (χ3n) is 5.02. The molecule has 2 aromatic carbocycles. The Morgan fingerprint density at radius 2 is 1.61 bits per heavy atom. The van der Waals surface area contributed by atoms with Gasteiger partial charge in [0.05, 0.1) is 19.8 Å². The zero-order valence-corrected chi connectivity index (χ0v) is 16.4. The van der Waals surface area contributed by atoms with Crippen molar-refractivity contribution < 1.29 is 19.1 Å². The lowest BCUT2D eigenvalue weighted by atomic mass is 10.1. The lowest BCUT2D eigenvalue weighted by Crippen LogP contribution is -2.50. The first kappa shape index (κ1) is 19.7. The number of methoxy groups -OCH3 is 2. The van der Waals surface area contributed by atoms with E-state index in [1.165, 1.54) is 0 Å². The first-order valence-corrected chi connectivity index (χ1v) is 9.45. The molecule has 1 saturated heterocycles. The van der Waals surface area contributed by atoms with E-state index in [0.717, 1.165) is 11.3 Å². The van der Waals surface area contributed by atoms with Crippen molar-refractivity contribution in [2.45, 2.75) is 12.8 Å². The minimum absolute atomic E-state index is 0.0547. The van der Waals surface area contributed by atoms with Gasteiger partial charge in [0.1, 0.15) is 11.5 Å². The SMILES string of the molecule is COc1cccc(CCC(=O)N2CCN(C(=O)c3ccccc3OC)CC2)c1. The Morgan fingerprint density at radius 1 is 0.893 bits per heavy atom. The van der Waals surface area contributed by atoms with E-state index in [4.69, 9.17) is 9.47 Å². The van der Waals surface area contributed by atoms with Crippen molar-refractivity contribution in [2.75, 3.05) is 40.4 Å². The van der Waals surface area contributed by atoms with Crippen molar-refractivity contribution in [3.63, 3.8) is 0 Å². The highest BCUT2D eigenvalue weighted by Crippen LogP contribution is 2.20. The molecule has 1 heterocycles. The van der Waals surface area contributed by atoms with Gasteiger partial charge in [0.25, 0.3) is 5.91 Å². The molecule has 0 atom stereocenters. The molecular formula is C22H26N2O4. The fraction of sp³-hybridized carbons (Fsp3) is 0.364. The van der Waals surface area contributed by atoms with Crippen molar-refractivity contribution in [3.05, 3.63) is 59.7 Å². The topological polar surface area (TPSA) is 59.1 Å². The van der Waals surface area contributed by atoms with Crippen LogP contribution in [-0.4, -0.2) is 62.0 Å². The summed E-state index contributed by atoms with van der Waals surface area (Å²) in [5.41, 5.74) is 1.64. The summed E-state index contributed by atoms with van der Waals surface area (Å²) in [6.07, 6.45) is 1.13. The van der Waals surface area contributed by atoms with Gasteiger partial charge in [0, 0.05) is 32.6 Å². The minimum Gasteiger partial charge on any atom is -0.497 e.